The molecule has 2 N–H and O–H groups in total. The Morgan fingerprint density at radius 2 is 2.19 bits per heavy atom. The van der Waals surface area contributed by atoms with E-state index in [9.17, 15) is 4.79 Å². The summed E-state index contributed by atoms with van der Waals surface area (Å²) in [6, 6.07) is 8.53. The highest BCUT2D eigenvalue weighted by atomic mass is 16.1. The summed E-state index contributed by atoms with van der Waals surface area (Å²) in [6.07, 6.45) is 4.72. The number of rotatable bonds is 4. The molecule has 0 spiro atoms. The van der Waals surface area contributed by atoms with Crippen molar-refractivity contribution in [1.82, 2.24) is 0 Å². The van der Waals surface area contributed by atoms with Gasteiger partial charge in [-0.25, -0.2) is 0 Å². The molecular weight excluding hydrogens is 198 g/mol. The van der Waals surface area contributed by atoms with Gasteiger partial charge in [-0.15, -0.1) is 0 Å². The van der Waals surface area contributed by atoms with E-state index in [0.717, 1.165) is 12.8 Å². The van der Waals surface area contributed by atoms with Crippen LogP contribution in [0.5, 0.6) is 0 Å². The molecule has 1 atom stereocenters. The monoisotopic (exact) mass is 217 g/mol. The molecule has 16 heavy (non-hydrogen) atoms. The summed E-state index contributed by atoms with van der Waals surface area (Å²) in [5.74, 6) is 0.744. The number of benzene rings is 1. The summed E-state index contributed by atoms with van der Waals surface area (Å²) < 4.78 is 0. The van der Waals surface area contributed by atoms with Gasteiger partial charge in [0, 0.05) is 12.8 Å². The molecule has 0 radical (unpaired) electrons. The van der Waals surface area contributed by atoms with E-state index in [1.54, 1.807) is 0 Å². The summed E-state index contributed by atoms with van der Waals surface area (Å²) in [5, 5.41) is 0. The first-order chi connectivity index (χ1) is 7.81. The fourth-order valence-electron chi connectivity index (χ4n) is 2.60. The van der Waals surface area contributed by atoms with E-state index in [1.165, 1.54) is 17.5 Å². The van der Waals surface area contributed by atoms with Crippen molar-refractivity contribution in [2.24, 2.45) is 5.73 Å². The molecule has 1 unspecified atom stereocenters. The highest BCUT2D eigenvalue weighted by Crippen LogP contribution is 2.33. The van der Waals surface area contributed by atoms with Gasteiger partial charge in [0.25, 0.3) is 0 Å². The average molecular weight is 217 g/mol. The van der Waals surface area contributed by atoms with Crippen molar-refractivity contribution in [2.45, 2.75) is 38.0 Å². The lowest BCUT2D eigenvalue weighted by atomic mass is 9.80. The number of carbonyl (C=O) groups is 1. The lowest BCUT2D eigenvalue weighted by molar-refractivity contribution is -0.119. The number of nitrogens with two attached hydrogens (primary N) is 1. The molecule has 86 valence electrons. The minimum Gasteiger partial charge on any atom is -0.330 e. The highest BCUT2D eigenvalue weighted by molar-refractivity contribution is 5.79. The lowest BCUT2D eigenvalue weighted by Crippen LogP contribution is -2.15. The quantitative estimate of drug-likeness (QED) is 0.841. The molecule has 0 bridgehead atoms. The van der Waals surface area contributed by atoms with Gasteiger partial charge in [-0.3, -0.25) is 4.79 Å². The fourth-order valence-corrected chi connectivity index (χ4v) is 2.60. The number of ketones is 1. The minimum atomic E-state index is 0.309. The van der Waals surface area contributed by atoms with Crippen molar-refractivity contribution >= 4 is 5.78 Å². The van der Waals surface area contributed by atoms with E-state index in [1.807, 2.05) is 0 Å². The molecular formula is C14H19NO. The second-order valence-electron chi connectivity index (χ2n) is 4.57. The Hall–Kier alpha value is -1.15. The zero-order chi connectivity index (χ0) is 11.4. The molecule has 0 saturated carbocycles. The standard InChI is InChI=1S/C14H19NO/c15-9-8-13(16)10-12-6-3-5-11-4-1-2-7-14(11)12/h1-2,4,7,12H,3,5-6,8-10,15H2. The first-order valence-electron chi connectivity index (χ1n) is 6.11. The fraction of sp³-hybridized carbons (Fsp3) is 0.500. The number of fused-ring (bicyclic) bond motifs is 1. The van der Waals surface area contributed by atoms with Crippen LogP contribution in [0.3, 0.4) is 0 Å². The maximum atomic E-state index is 11.6. The van der Waals surface area contributed by atoms with Gasteiger partial charge in [0.05, 0.1) is 0 Å². The molecule has 1 aromatic rings. The first-order valence-corrected chi connectivity index (χ1v) is 6.11. The third-order valence-corrected chi connectivity index (χ3v) is 3.39. The molecule has 0 amide bonds. The molecule has 0 heterocycles. The summed E-state index contributed by atoms with van der Waals surface area (Å²) >= 11 is 0. The Bertz CT molecular complexity index is 373. The zero-order valence-corrected chi connectivity index (χ0v) is 9.61. The largest absolute Gasteiger partial charge is 0.330 e. The van der Waals surface area contributed by atoms with E-state index >= 15 is 0 Å². The molecule has 2 nitrogen and oxygen atoms in total. The van der Waals surface area contributed by atoms with Crippen molar-refractivity contribution < 1.29 is 4.79 Å². The van der Waals surface area contributed by atoms with Crippen LogP contribution in [0.15, 0.2) is 24.3 Å². The van der Waals surface area contributed by atoms with E-state index < -0.39 is 0 Å². The third-order valence-electron chi connectivity index (χ3n) is 3.39. The molecule has 0 fully saturated rings. The van der Waals surface area contributed by atoms with Crippen molar-refractivity contribution in [3.8, 4) is 0 Å². The predicted molar refractivity (Wildman–Crippen MR) is 65.4 cm³/mol. The summed E-state index contributed by atoms with van der Waals surface area (Å²) in [6.45, 7) is 0.479. The number of aryl methyl sites for hydroxylation is 1. The Kier molecular flexibility index (Phi) is 3.73. The van der Waals surface area contributed by atoms with Gasteiger partial charge in [-0.05, 0) is 42.9 Å². The second kappa shape index (κ2) is 5.26. The van der Waals surface area contributed by atoms with Crippen LogP contribution >= 0.6 is 0 Å². The molecule has 1 aliphatic rings. The number of Topliss-reactive ketones (excluding diaryl/α,β-unsaturated/α-hetero) is 1. The summed E-state index contributed by atoms with van der Waals surface area (Å²) in [7, 11) is 0. The number of hydrogen-bond acceptors (Lipinski definition) is 2. The SMILES string of the molecule is NCCC(=O)CC1CCCc2ccccc21. The van der Waals surface area contributed by atoms with Crippen LogP contribution < -0.4 is 5.73 Å². The van der Waals surface area contributed by atoms with Crippen molar-refractivity contribution in [1.29, 1.82) is 0 Å². The molecule has 2 heteroatoms. The molecule has 1 aliphatic carbocycles. The topological polar surface area (TPSA) is 43.1 Å². The van der Waals surface area contributed by atoms with Gasteiger partial charge in [0.15, 0.2) is 0 Å². The Labute approximate surface area is 96.8 Å². The summed E-state index contributed by atoms with van der Waals surface area (Å²) in [5.41, 5.74) is 8.23. The Morgan fingerprint density at radius 1 is 1.38 bits per heavy atom. The van der Waals surface area contributed by atoms with Crippen LogP contribution in [0, 0.1) is 0 Å². The Balaban J connectivity index is 2.10. The van der Waals surface area contributed by atoms with Gasteiger partial charge in [0.1, 0.15) is 5.78 Å². The summed E-state index contributed by atoms with van der Waals surface area (Å²) in [4.78, 5) is 11.6. The maximum Gasteiger partial charge on any atom is 0.134 e. The van der Waals surface area contributed by atoms with Crippen LogP contribution in [-0.2, 0) is 11.2 Å². The van der Waals surface area contributed by atoms with E-state index in [4.69, 9.17) is 5.73 Å². The molecule has 2 rings (SSSR count). The van der Waals surface area contributed by atoms with Crippen LogP contribution in [-0.4, -0.2) is 12.3 Å². The second-order valence-corrected chi connectivity index (χ2v) is 4.57. The van der Waals surface area contributed by atoms with Crippen molar-refractivity contribution in [3.05, 3.63) is 35.4 Å². The smallest absolute Gasteiger partial charge is 0.134 e. The normalized spacial score (nSPS) is 19.2. The van der Waals surface area contributed by atoms with Gasteiger partial charge >= 0.3 is 0 Å². The van der Waals surface area contributed by atoms with Gasteiger partial charge in [-0.2, -0.15) is 0 Å². The van der Waals surface area contributed by atoms with Gasteiger partial charge in [-0.1, -0.05) is 24.3 Å². The van der Waals surface area contributed by atoms with Crippen LogP contribution in [0.4, 0.5) is 0 Å². The van der Waals surface area contributed by atoms with Crippen molar-refractivity contribution in [3.63, 3.8) is 0 Å². The molecule has 0 aliphatic heterocycles. The van der Waals surface area contributed by atoms with E-state index in [2.05, 4.69) is 24.3 Å². The zero-order valence-electron chi connectivity index (χ0n) is 9.61. The number of hydrogen-bond donors (Lipinski definition) is 1. The Morgan fingerprint density at radius 3 is 3.00 bits per heavy atom. The maximum absolute atomic E-state index is 11.6. The highest BCUT2D eigenvalue weighted by Gasteiger charge is 2.21. The van der Waals surface area contributed by atoms with Crippen LogP contribution in [0.1, 0.15) is 42.7 Å². The third kappa shape index (κ3) is 2.50. The van der Waals surface area contributed by atoms with Crippen LogP contribution in [0.25, 0.3) is 0 Å². The predicted octanol–water partition coefficient (Wildman–Crippen LogP) is 2.41. The van der Waals surface area contributed by atoms with Crippen LogP contribution in [0.2, 0.25) is 0 Å². The minimum absolute atomic E-state index is 0.309. The number of carbonyl (C=O) groups excluding carboxylic acids is 1. The van der Waals surface area contributed by atoms with E-state index in [0.29, 0.717) is 31.1 Å². The van der Waals surface area contributed by atoms with Gasteiger partial charge < -0.3 is 5.73 Å². The lowest BCUT2D eigenvalue weighted by Gasteiger charge is -2.24. The first kappa shape index (κ1) is 11.3. The average Bonchev–Trinajstić information content (AvgIpc) is 2.30. The van der Waals surface area contributed by atoms with Gasteiger partial charge in [0.2, 0.25) is 0 Å². The molecule has 1 aromatic carbocycles. The molecule has 0 saturated heterocycles. The molecule has 0 aromatic heterocycles. The van der Waals surface area contributed by atoms with E-state index in [-0.39, 0.29) is 0 Å². The van der Waals surface area contributed by atoms with Crippen molar-refractivity contribution in [2.75, 3.05) is 6.54 Å².